The molecule has 117 heavy (non-hydrogen) atoms. The highest BCUT2D eigenvalue weighted by Gasteiger charge is 2.31. The first-order chi connectivity index (χ1) is 56.9. The van der Waals surface area contributed by atoms with Crippen LogP contribution in [0.1, 0.15) is 536 Å². The molecule has 0 aliphatic rings. The van der Waals surface area contributed by atoms with Gasteiger partial charge in [0.15, 0.2) is 12.2 Å². The van der Waals surface area contributed by atoms with Crippen LogP contribution in [0, 0.1) is 11.8 Å². The van der Waals surface area contributed by atoms with E-state index in [-0.39, 0.29) is 25.7 Å². The lowest BCUT2D eigenvalue weighted by molar-refractivity contribution is -0.161. The molecular formula is C98H192O17P2. The zero-order chi connectivity index (χ0) is 85.5. The van der Waals surface area contributed by atoms with Crippen LogP contribution in [-0.4, -0.2) is 96.7 Å². The molecule has 0 aromatic heterocycles. The Labute approximate surface area is 721 Å². The first-order valence-electron chi connectivity index (χ1n) is 50.5. The molecule has 0 radical (unpaired) electrons. The van der Waals surface area contributed by atoms with Crippen LogP contribution in [0.4, 0.5) is 0 Å². The van der Waals surface area contributed by atoms with Gasteiger partial charge in [-0.1, -0.05) is 485 Å². The lowest BCUT2D eigenvalue weighted by atomic mass is 9.99. The number of ether oxygens (including phenoxy) is 4. The number of aliphatic hydroxyl groups is 1. The van der Waals surface area contributed by atoms with Gasteiger partial charge in [-0.15, -0.1) is 0 Å². The number of carbonyl (C=O) groups is 4. The molecule has 0 aromatic rings. The molecule has 3 N–H and O–H groups in total. The Hall–Kier alpha value is -1.94. The zero-order valence-electron chi connectivity index (χ0n) is 77.5. The van der Waals surface area contributed by atoms with E-state index in [1.54, 1.807) is 0 Å². The van der Waals surface area contributed by atoms with Gasteiger partial charge >= 0.3 is 39.5 Å². The summed E-state index contributed by atoms with van der Waals surface area (Å²) >= 11 is 0. The fourth-order valence-electron chi connectivity index (χ4n) is 15.5. The van der Waals surface area contributed by atoms with Gasteiger partial charge in [-0.25, -0.2) is 9.13 Å². The van der Waals surface area contributed by atoms with Gasteiger partial charge in [0.1, 0.15) is 19.3 Å². The number of aliphatic hydroxyl groups excluding tert-OH is 1. The molecule has 0 saturated heterocycles. The van der Waals surface area contributed by atoms with Gasteiger partial charge in [0.2, 0.25) is 0 Å². The maximum atomic E-state index is 13.2. The standard InChI is InChI=1S/C98H192O17P2/c1-7-10-12-14-16-18-20-22-23-24-25-26-27-35-40-46-52-58-64-70-76-82-97(102)114-93(86-108-95(100)80-74-68-62-56-50-42-21-19-17-15-13-11-8-2)88-112-116(104,105)110-84-92(99)85-111-117(106,107)113-89-94(87-109-96(101)81-75-69-63-57-51-45-39-34-30-28-32-37-43-48-54-60-66-72-78-90(4)5)115-98(103)83-77-71-65-59-53-47-41-36-31-29-33-38-44-49-55-61-67-73-79-91(6)9-3/h90-94,99H,7-89H2,1-6H3,(H,104,105)(H,106,107)/t91?,92-,93+,94+/m0/s1. The molecule has 17 nitrogen and oxygen atoms in total. The maximum Gasteiger partial charge on any atom is 0.472 e. The Morgan fingerprint density at radius 2 is 0.436 bits per heavy atom. The topological polar surface area (TPSA) is 237 Å². The van der Waals surface area contributed by atoms with Gasteiger partial charge in [-0.05, 0) is 37.5 Å². The maximum absolute atomic E-state index is 13.2. The lowest BCUT2D eigenvalue weighted by Crippen LogP contribution is -2.30. The number of phosphoric acid groups is 2. The molecule has 0 bridgehead atoms. The molecule has 6 atom stereocenters. The number of esters is 4. The average molecular weight is 1700 g/mol. The lowest BCUT2D eigenvalue weighted by Gasteiger charge is -2.21. The number of hydrogen-bond donors (Lipinski definition) is 3. The molecule has 0 aliphatic heterocycles. The van der Waals surface area contributed by atoms with Crippen molar-refractivity contribution >= 4 is 39.5 Å². The highest BCUT2D eigenvalue weighted by atomic mass is 31.2. The van der Waals surface area contributed by atoms with E-state index in [4.69, 9.17) is 37.0 Å². The second-order valence-electron chi connectivity index (χ2n) is 35.9. The van der Waals surface area contributed by atoms with E-state index in [1.807, 2.05) is 0 Å². The Kier molecular flexibility index (Phi) is 87.4. The molecule has 0 aliphatic carbocycles. The van der Waals surface area contributed by atoms with Gasteiger partial charge in [0, 0.05) is 25.7 Å². The molecule has 0 amide bonds. The summed E-state index contributed by atoms with van der Waals surface area (Å²) in [6.07, 6.45) is 86.2. The second-order valence-corrected chi connectivity index (χ2v) is 38.8. The monoisotopic (exact) mass is 1700 g/mol. The van der Waals surface area contributed by atoms with E-state index in [9.17, 15) is 43.2 Å². The van der Waals surface area contributed by atoms with Crippen LogP contribution in [0.15, 0.2) is 0 Å². The van der Waals surface area contributed by atoms with Crippen LogP contribution >= 0.6 is 15.6 Å². The summed E-state index contributed by atoms with van der Waals surface area (Å²) in [5.74, 6) is -0.392. The van der Waals surface area contributed by atoms with Crippen LogP contribution in [0.3, 0.4) is 0 Å². The summed E-state index contributed by atoms with van der Waals surface area (Å²) in [5, 5.41) is 10.7. The van der Waals surface area contributed by atoms with Crippen LogP contribution in [0.2, 0.25) is 0 Å². The minimum Gasteiger partial charge on any atom is -0.462 e. The van der Waals surface area contributed by atoms with Crippen molar-refractivity contribution in [3.05, 3.63) is 0 Å². The van der Waals surface area contributed by atoms with Crippen LogP contribution in [0.5, 0.6) is 0 Å². The van der Waals surface area contributed by atoms with E-state index in [0.717, 1.165) is 102 Å². The molecule has 0 fully saturated rings. The molecular weight excluding hydrogens is 1510 g/mol. The number of carbonyl (C=O) groups excluding carboxylic acids is 4. The smallest absolute Gasteiger partial charge is 0.462 e. The van der Waals surface area contributed by atoms with E-state index < -0.39 is 97.5 Å². The summed E-state index contributed by atoms with van der Waals surface area (Å²) in [5.41, 5.74) is 0. The van der Waals surface area contributed by atoms with E-state index in [2.05, 4.69) is 41.5 Å². The summed E-state index contributed by atoms with van der Waals surface area (Å²) in [6, 6.07) is 0. The molecule has 19 heteroatoms. The highest BCUT2D eigenvalue weighted by molar-refractivity contribution is 7.47. The number of phosphoric ester groups is 2. The molecule has 3 unspecified atom stereocenters. The first kappa shape index (κ1) is 115. The minimum atomic E-state index is -4.97. The molecule has 0 heterocycles. The third kappa shape index (κ3) is 90.1. The SMILES string of the molecule is CCCCCCCCCCCCCCCCCCCCCCCC(=O)O[C@H](COC(=O)CCCCCCCCCCCCCCC)COP(=O)(O)OC[C@H](O)COP(=O)(O)OC[C@@H](COC(=O)CCCCCCCCCCCCCCCCCCCCC(C)C)OC(=O)CCCCCCCCCCCCCCCCCCCCC(C)CC. The van der Waals surface area contributed by atoms with Crippen molar-refractivity contribution in [1.29, 1.82) is 0 Å². The third-order valence-electron chi connectivity index (χ3n) is 23.6. The van der Waals surface area contributed by atoms with Gasteiger partial charge in [-0.3, -0.25) is 37.3 Å². The van der Waals surface area contributed by atoms with Gasteiger partial charge < -0.3 is 33.8 Å². The van der Waals surface area contributed by atoms with Crippen molar-refractivity contribution in [3.63, 3.8) is 0 Å². The van der Waals surface area contributed by atoms with Crippen molar-refractivity contribution in [1.82, 2.24) is 0 Å². The van der Waals surface area contributed by atoms with Crippen molar-refractivity contribution in [2.24, 2.45) is 11.8 Å². The summed E-state index contributed by atoms with van der Waals surface area (Å²) < 4.78 is 69.3. The average Bonchev–Trinajstić information content (AvgIpc) is 0.897. The largest absolute Gasteiger partial charge is 0.472 e. The Balaban J connectivity index is 5.25. The Morgan fingerprint density at radius 3 is 0.650 bits per heavy atom. The molecule has 0 aromatic carbocycles. The summed E-state index contributed by atoms with van der Waals surface area (Å²) in [6.45, 7) is 9.85. The third-order valence-corrected chi connectivity index (χ3v) is 25.5. The predicted octanol–water partition coefficient (Wildman–Crippen LogP) is 30.9. The highest BCUT2D eigenvalue weighted by Crippen LogP contribution is 2.45. The second kappa shape index (κ2) is 88.9. The molecule has 0 saturated carbocycles. The quantitative estimate of drug-likeness (QED) is 0.0222. The van der Waals surface area contributed by atoms with Gasteiger partial charge in [0.05, 0.1) is 26.4 Å². The van der Waals surface area contributed by atoms with Gasteiger partial charge in [-0.2, -0.15) is 0 Å². The summed E-state index contributed by atoms with van der Waals surface area (Å²) in [7, 11) is -9.95. The van der Waals surface area contributed by atoms with Crippen LogP contribution in [0.25, 0.3) is 0 Å². The molecule has 696 valence electrons. The Morgan fingerprint density at radius 1 is 0.248 bits per heavy atom. The fourth-order valence-corrected chi connectivity index (χ4v) is 17.1. The van der Waals surface area contributed by atoms with Gasteiger partial charge in [0.25, 0.3) is 0 Å². The normalized spacial score (nSPS) is 13.9. The number of rotatable bonds is 97. The first-order valence-corrected chi connectivity index (χ1v) is 53.5. The van der Waals surface area contributed by atoms with Crippen molar-refractivity contribution in [3.8, 4) is 0 Å². The van der Waals surface area contributed by atoms with Crippen molar-refractivity contribution in [2.75, 3.05) is 39.6 Å². The number of unbranched alkanes of at least 4 members (excludes halogenated alkanes) is 66. The van der Waals surface area contributed by atoms with Crippen molar-refractivity contribution < 1.29 is 80.2 Å². The van der Waals surface area contributed by atoms with Crippen molar-refractivity contribution in [2.45, 2.75) is 554 Å². The fraction of sp³-hybridized carbons (Fsp3) is 0.959. The van der Waals surface area contributed by atoms with E-state index in [1.165, 1.54) is 353 Å². The van der Waals surface area contributed by atoms with Crippen LogP contribution < -0.4 is 0 Å². The molecule has 0 spiro atoms. The van der Waals surface area contributed by atoms with E-state index in [0.29, 0.717) is 25.7 Å². The Bertz CT molecular complexity index is 2220. The zero-order valence-corrected chi connectivity index (χ0v) is 79.3. The molecule has 0 rings (SSSR count). The van der Waals surface area contributed by atoms with Crippen LogP contribution in [-0.2, 0) is 65.4 Å². The predicted molar refractivity (Wildman–Crippen MR) is 488 cm³/mol. The van der Waals surface area contributed by atoms with E-state index >= 15 is 0 Å². The minimum absolute atomic E-state index is 0.109. The number of hydrogen-bond acceptors (Lipinski definition) is 15. The summed E-state index contributed by atoms with van der Waals surface area (Å²) in [4.78, 5) is 73.7.